The summed E-state index contributed by atoms with van der Waals surface area (Å²) in [6.45, 7) is 0. The lowest BCUT2D eigenvalue weighted by molar-refractivity contribution is 0.108. The first-order chi connectivity index (χ1) is 6.09. The lowest BCUT2D eigenvalue weighted by Gasteiger charge is -1.99. The van der Waals surface area contributed by atoms with Crippen LogP contribution in [0.1, 0.15) is 10.4 Å². The van der Waals surface area contributed by atoms with Crippen molar-refractivity contribution >= 4 is 22.9 Å². The summed E-state index contributed by atoms with van der Waals surface area (Å²) in [5.74, 6) is 0.272. The van der Waals surface area contributed by atoms with Gasteiger partial charge in [0.05, 0.1) is 0 Å². The minimum atomic E-state index is -0.898. The number of primary amides is 1. The number of carbonyl (C=O) groups excluding carboxylic acids is 2. The number of halogens is 1. The van der Waals surface area contributed by atoms with E-state index >= 15 is 0 Å². The second-order valence-electron chi connectivity index (χ2n) is 2.22. The normalized spacial score (nSPS) is 9.31. The summed E-state index contributed by atoms with van der Waals surface area (Å²) >= 11 is 5.19. The van der Waals surface area contributed by atoms with Gasteiger partial charge in [0.15, 0.2) is 0 Å². The van der Waals surface area contributed by atoms with E-state index in [0.717, 1.165) is 0 Å². The van der Waals surface area contributed by atoms with Gasteiger partial charge in [0.1, 0.15) is 5.75 Å². The molecule has 0 aliphatic rings. The van der Waals surface area contributed by atoms with Crippen LogP contribution in [0.4, 0.5) is 4.79 Å². The van der Waals surface area contributed by atoms with E-state index < -0.39 is 11.3 Å². The molecule has 0 heterocycles. The highest BCUT2D eigenvalue weighted by molar-refractivity contribution is 6.67. The van der Waals surface area contributed by atoms with Crippen molar-refractivity contribution in [2.45, 2.75) is 0 Å². The topological polar surface area (TPSA) is 69.4 Å². The maximum atomic E-state index is 10.6. The zero-order valence-corrected chi connectivity index (χ0v) is 7.25. The van der Waals surface area contributed by atoms with Gasteiger partial charge in [0, 0.05) is 5.56 Å². The second-order valence-corrected chi connectivity index (χ2v) is 2.56. The lowest BCUT2D eigenvalue weighted by atomic mass is 10.2. The summed E-state index contributed by atoms with van der Waals surface area (Å²) in [7, 11) is 0. The van der Waals surface area contributed by atoms with Crippen LogP contribution in [-0.4, -0.2) is 11.3 Å². The third kappa shape index (κ3) is 2.76. The third-order valence-corrected chi connectivity index (χ3v) is 1.52. The average Bonchev–Trinajstić information content (AvgIpc) is 2.04. The molecule has 1 aromatic carbocycles. The van der Waals surface area contributed by atoms with Crippen molar-refractivity contribution in [2.24, 2.45) is 5.73 Å². The average molecular weight is 200 g/mol. The molecule has 1 rings (SSSR count). The van der Waals surface area contributed by atoms with Crippen LogP contribution in [0, 0.1) is 0 Å². The Morgan fingerprint density at radius 3 is 2.15 bits per heavy atom. The molecule has 0 atom stereocenters. The van der Waals surface area contributed by atoms with Gasteiger partial charge in [-0.1, -0.05) is 0 Å². The molecule has 0 saturated carbocycles. The lowest BCUT2D eigenvalue weighted by Crippen LogP contribution is -2.16. The van der Waals surface area contributed by atoms with E-state index in [2.05, 4.69) is 4.74 Å². The Hall–Kier alpha value is -1.55. The number of carbonyl (C=O) groups is 2. The molecule has 0 fully saturated rings. The zero-order valence-electron chi connectivity index (χ0n) is 6.49. The fraction of sp³-hybridized carbons (Fsp3) is 0. The third-order valence-electron chi connectivity index (χ3n) is 1.30. The first-order valence-corrected chi connectivity index (χ1v) is 3.74. The van der Waals surface area contributed by atoms with E-state index in [0.29, 0.717) is 5.56 Å². The smallest absolute Gasteiger partial charge is 0.409 e. The van der Waals surface area contributed by atoms with Gasteiger partial charge >= 0.3 is 6.09 Å². The fourth-order valence-corrected chi connectivity index (χ4v) is 0.896. The summed E-state index contributed by atoms with van der Waals surface area (Å²) in [5, 5.41) is -0.564. The summed E-state index contributed by atoms with van der Waals surface area (Å²) < 4.78 is 4.53. The molecule has 13 heavy (non-hydrogen) atoms. The van der Waals surface area contributed by atoms with Gasteiger partial charge in [0.25, 0.3) is 5.24 Å². The van der Waals surface area contributed by atoms with Gasteiger partial charge in [-0.15, -0.1) is 0 Å². The molecular formula is C8H6ClNO3. The standard InChI is InChI=1S/C8H6ClNO3/c9-7(11)5-1-3-6(4-2-5)13-8(10)12/h1-4H,(H2,10,12). The highest BCUT2D eigenvalue weighted by Crippen LogP contribution is 2.13. The first kappa shape index (κ1) is 9.54. The number of hydrogen-bond donors (Lipinski definition) is 1. The molecule has 1 aromatic rings. The number of hydrogen-bond acceptors (Lipinski definition) is 3. The van der Waals surface area contributed by atoms with Gasteiger partial charge < -0.3 is 10.5 Å². The van der Waals surface area contributed by atoms with Crippen LogP contribution in [0.3, 0.4) is 0 Å². The van der Waals surface area contributed by atoms with Crippen LogP contribution in [-0.2, 0) is 0 Å². The largest absolute Gasteiger partial charge is 0.411 e. The number of ether oxygens (including phenoxy) is 1. The van der Waals surface area contributed by atoms with Crippen molar-refractivity contribution in [1.29, 1.82) is 0 Å². The van der Waals surface area contributed by atoms with Crippen molar-refractivity contribution in [2.75, 3.05) is 0 Å². The van der Waals surface area contributed by atoms with Crippen LogP contribution in [0.15, 0.2) is 24.3 Å². The molecule has 0 aliphatic heterocycles. The SMILES string of the molecule is NC(=O)Oc1ccc(C(=O)Cl)cc1. The van der Waals surface area contributed by atoms with E-state index in [9.17, 15) is 9.59 Å². The van der Waals surface area contributed by atoms with Crippen LogP contribution in [0.5, 0.6) is 5.75 Å². The first-order valence-electron chi connectivity index (χ1n) is 3.37. The molecule has 4 nitrogen and oxygen atoms in total. The number of rotatable bonds is 2. The summed E-state index contributed by atoms with van der Waals surface area (Å²) in [5.41, 5.74) is 5.10. The van der Waals surface area contributed by atoms with E-state index in [4.69, 9.17) is 17.3 Å². The van der Waals surface area contributed by atoms with E-state index in [1.807, 2.05) is 0 Å². The Labute approximate surface area is 79.2 Å². The molecule has 0 bridgehead atoms. The van der Waals surface area contributed by atoms with Crippen LogP contribution >= 0.6 is 11.6 Å². The van der Waals surface area contributed by atoms with Crippen molar-refractivity contribution in [3.63, 3.8) is 0 Å². The molecule has 68 valence electrons. The molecule has 5 heteroatoms. The summed E-state index contributed by atoms with van der Waals surface area (Å²) in [6.07, 6.45) is -0.898. The molecule has 0 aliphatic carbocycles. The van der Waals surface area contributed by atoms with E-state index in [1.165, 1.54) is 24.3 Å². The zero-order chi connectivity index (χ0) is 9.84. The Morgan fingerprint density at radius 1 is 1.23 bits per heavy atom. The van der Waals surface area contributed by atoms with Crippen LogP contribution in [0.25, 0.3) is 0 Å². The second kappa shape index (κ2) is 3.91. The van der Waals surface area contributed by atoms with E-state index in [1.54, 1.807) is 0 Å². The van der Waals surface area contributed by atoms with Gasteiger partial charge in [-0.3, -0.25) is 4.79 Å². The number of benzene rings is 1. The summed E-state index contributed by atoms with van der Waals surface area (Å²) in [4.78, 5) is 20.9. The van der Waals surface area contributed by atoms with Gasteiger partial charge in [-0.2, -0.15) is 0 Å². The molecule has 0 unspecified atom stereocenters. The molecule has 1 amide bonds. The maximum Gasteiger partial charge on any atom is 0.409 e. The van der Waals surface area contributed by atoms with Crippen molar-refractivity contribution in [3.8, 4) is 5.75 Å². The minimum absolute atomic E-state index is 0.272. The molecule has 2 N–H and O–H groups in total. The molecular weight excluding hydrogens is 194 g/mol. The fourth-order valence-electron chi connectivity index (χ4n) is 0.770. The predicted molar refractivity (Wildman–Crippen MR) is 46.8 cm³/mol. The highest BCUT2D eigenvalue weighted by atomic mass is 35.5. The van der Waals surface area contributed by atoms with Crippen LogP contribution in [0.2, 0.25) is 0 Å². The highest BCUT2D eigenvalue weighted by Gasteiger charge is 2.02. The molecule has 0 radical (unpaired) electrons. The van der Waals surface area contributed by atoms with Crippen LogP contribution < -0.4 is 10.5 Å². The van der Waals surface area contributed by atoms with E-state index in [-0.39, 0.29) is 5.75 Å². The molecule has 0 saturated heterocycles. The monoisotopic (exact) mass is 199 g/mol. The molecule has 0 spiro atoms. The minimum Gasteiger partial charge on any atom is -0.411 e. The quantitative estimate of drug-likeness (QED) is 0.735. The van der Waals surface area contributed by atoms with Crippen molar-refractivity contribution in [3.05, 3.63) is 29.8 Å². The van der Waals surface area contributed by atoms with Crippen molar-refractivity contribution < 1.29 is 14.3 Å². The molecule has 0 aromatic heterocycles. The Kier molecular flexibility index (Phi) is 2.87. The Morgan fingerprint density at radius 2 is 1.77 bits per heavy atom. The number of nitrogens with two attached hydrogens (primary N) is 1. The number of amides is 1. The maximum absolute atomic E-state index is 10.6. The predicted octanol–water partition coefficient (Wildman–Crippen LogP) is 1.52. The summed E-state index contributed by atoms with van der Waals surface area (Å²) in [6, 6.07) is 5.74. The van der Waals surface area contributed by atoms with Gasteiger partial charge in [-0.05, 0) is 35.9 Å². The van der Waals surface area contributed by atoms with Gasteiger partial charge in [0.2, 0.25) is 0 Å². The Balaban J connectivity index is 2.81. The Bertz CT molecular complexity index is 334. The van der Waals surface area contributed by atoms with Crippen molar-refractivity contribution in [1.82, 2.24) is 0 Å². The van der Waals surface area contributed by atoms with Gasteiger partial charge in [-0.25, -0.2) is 4.79 Å².